The van der Waals surface area contributed by atoms with Gasteiger partial charge >= 0.3 is 0 Å². The standard InChI is InChI=1S/C13H12BrN3/c14-11-4-2-1-3-9(11)10-7-16-13(8-5-6-8)17-12(10)15/h1-4,7-8H,5-6H2,(H2,15,16,17). The maximum absolute atomic E-state index is 6.02. The number of aromatic nitrogens is 2. The monoisotopic (exact) mass is 289 g/mol. The number of halogens is 1. The van der Waals surface area contributed by atoms with Crippen LogP contribution in [0.3, 0.4) is 0 Å². The summed E-state index contributed by atoms with van der Waals surface area (Å²) in [6.07, 6.45) is 4.21. The third-order valence-corrected chi connectivity index (χ3v) is 3.63. The number of anilines is 1. The van der Waals surface area contributed by atoms with Crippen molar-refractivity contribution in [3.05, 3.63) is 40.8 Å². The number of nitrogens with two attached hydrogens (primary N) is 1. The van der Waals surface area contributed by atoms with Crippen molar-refractivity contribution >= 4 is 21.7 Å². The number of benzene rings is 1. The molecular formula is C13H12BrN3. The topological polar surface area (TPSA) is 51.8 Å². The fourth-order valence-corrected chi connectivity index (χ4v) is 2.33. The van der Waals surface area contributed by atoms with Crippen LogP contribution in [0.15, 0.2) is 34.9 Å². The average Bonchev–Trinajstić information content (AvgIpc) is 3.14. The quantitative estimate of drug-likeness (QED) is 0.922. The predicted molar refractivity (Wildman–Crippen MR) is 71.6 cm³/mol. The van der Waals surface area contributed by atoms with Gasteiger partial charge in [0.15, 0.2) is 0 Å². The van der Waals surface area contributed by atoms with Gasteiger partial charge in [-0.3, -0.25) is 0 Å². The molecule has 17 heavy (non-hydrogen) atoms. The Hall–Kier alpha value is -1.42. The van der Waals surface area contributed by atoms with Crippen LogP contribution in [0, 0.1) is 0 Å². The zero-order valence-electron chi connectivity index (χ0n) is 9.23. The predicted octanol–water partition coefficient (Wildman–Crippen LogP) is 3.37. The van der Waals surface area contributed by atoms with Crippen molar-refractivity contribution < 1.29 is 0 Å². The minimum Gasteiger partial charge on any atom is -0.383 e. The Bertz CT molecular complexity index is 564. The van der Waals surface area contributed by atoms with Crippen LogP contribution in [-0.2, 0) is 0 Å². The summed E-state index contributed by atoms with van der Waals surface area (Å²) in [5.74, 6) is 1.98. The van der Waals surface area contributed by atoms with Crippen LogP contribution in [-0.4, -0.2) is 9.97 Å². The first kappa shape index (κ1) is 10.7. The van der Waals surface area contributed by atoms with Gasteiger partial charge in [-0.25, -0.2) is 9.97 Å². The van der Waals surface area contributed by atoms with E-state index in [0.717, 1.165) is 21.4 Å². The van der Waals surface area contributed by atoms with E-state index in [9.17, 15) is 0 Å². The van der Waals surface area contributed by atoms with Gasteiger partial charge in [0, 0.05) is 27.7 Å². The normalized spacial score (nSPS) is 14.9. The van der Waals surface area contributed by atoms with Gasteiger partial charge in [-0.1, -0.05) is 34.1 Å². The molecule has 1 aromatic heterocycles. The number of nitrogen functional groups attached to an aromatic ring is 1. The zero-order valence-corrected chi connectivity index (χ0v) is 10.8. The lowest BCUT2D eigenvalue weighted by Gasteiger charge is -2.08. The zero-order chi connectivity index (χ0) is 11.8. The van der Waals surface area contributed by atoms with E-state index in [1.807, 2.05) is 30.5 Å². The average molecular weight is 290 g/mol. The third kappa shape index (κ3) is 2.05. The molecule has 1 aliphatic rings. The molecule has 2 aromatic rings. The molecule has 3 nitrogen and oxygen atoms in total. The Kier molecular flexibility index (Phi) is 2.59. The van der Waals surface area contributed by atoms with E-state index in [1.165, 1.54) is 12.8 Å². The first-order valence-electron chi connectivity index (χ1n) is 5.63. The van der Waals surface area contributed by atoms with Gasteiger partial charge in [0.05, 0.1) is 0 Å². The summed E-state index contributed by atoms with van der Waals surface area (Å²) in [6.45, 7) is 0. The maximum Gasteiger partial charge on any atom is 0.135 e. The summed E-state index contributed by atoms with van der Waals surface area (Å²) in [4.78, 5) is 8.81. The van der Waals surface area contributed by atoms with Crippen molar-refractivity contribution in [3.8, 4) is 11.1 Å². The van der Waals surface area contributed by atoms with E-state index in [2.05, 4.69) is 25.9 Å². The number of hydrogen-bond acceptors (Lipinski definition) is 3. The Morgan fingerprint density at radius 2 is 1.94 bits per heavy atom. The molecular weight excluding hydrogens is 278 g/mol. The largest absolute Gasteiger partial charge is 0.383 e. The SMILES string of the molecule is Nc1nc(C2CC2)ncc1-c1ccccc1Br. The molecule has 0 unspecified atom stereocenters. The molecule has 0 amide bonds. The molecule has 0 spiro atoms. The molecule has 0 bridgehead atoms. The second-order valence-corrected chi connectivity index (χ2v) is 5.14. The molecule has 1 aromatic carbocycles. The van der Waals surface area contributed by atoms with Crippen molar-refractivity contribution in [2.24, 2.45) is 0 Å². The molecule has 0 radical (unpaired) electrons. The fraction of sp³-hybridized carbons (Fsp3) is 0.231. The van der Waals surface area contributed by atoms with E-state index < -0.39 is 0 Å². The number of nitrogens with zero attached hydrogens (tertiary/aromatic N) is 2. The van der Waals surface area contributed by atoms with Crippen molar-refractivity contribution in [1.29, 1.82) is 0 Å². The van der Waals surface area contributed by atoms with E-state index in [0.29, 0.717) is 11.7 Å². The van der Waals surface area contributed by atoms with Crippen LogP contribution >= 0.6 is 15.9 Å². The number of rotatable bonds is 2. The molecule has 3 rings (SSSR count). The minimum atomic E-state index is 0.533. The van der Waals surface area contributed by atoms with Crippen molar-refractivity contribution in [2.75, 3.05) is 5.73 Å². The van der Waals surface area contributed by atoms with Gasteiger partial charge in [-0.15, -0.1) is 0 Å². The molecule has 0 saturated heterocycles. The lowest BCUT2D eigenvalue weighted by Crippen LogP contribution is -2.00. The van der Waals surface area contributed by atoms with Crippen LogP contribution < -0.4 is 5.73 Å². The summed E-state index contributed by atoms with van der Waals surface area (Å²) in [7, 11) is 0. The molecule has 86 valence electrons. The van der Waals surface area contributed by atoms with Crippen molar-refractivity contribution in [2.45, 2.75) is 18.8 Å². The van der Waals surface area contributed by atoms with Gasteiger partial charge in [-0.05, 0) is 18.9 Å². The second-order valence-electron chi connectivity index (χ2n) is 4.28. The van der Waals surface area contributed by atoms with Gasteiger partial charge in [0.1, 0.15) is 11.6 Å². The van der Waals surface area contributed by atoms with Crippen LogP contribution in [0.1, 0.15) is 24.6 Å². The molecule has 1 saturated carbocycles. The third-order valence-electron chi connectivity index (χ3n) is 2.94. The Morgan fingerprint density at radius 1 is 1.18 bits per heavy atom. The second kappa shape index (κ2) is 4.11. The van der Waals surface area contributed by atoms with Crippen LogP contribution in [0.4, 0.5) is 5.82 Å². The Balaban J connectivity index is 2.06. The summed E-state index contributed by atoms with van der Waals surface area (Å²) in [5.41, 5.74) is 7.94. The number of hydrogen-bond donors (Lipinski definition) is 1. The van der Waals surface area contributed by atoms with Gasteiger partial charge < -0.3 is 5.73 Å². The summed E-state index contributed by atoms with van der Waals surface area (Å²) >= 11 is 3.52. The Labute approximate surface area is 108 Å². The highest BCUT2D eigenvalue weighted by atomic mass is 79.9. The molecule has 1 aliphatic carbocycles. The van der Waals surface area contributed by atoms with E-state index >= 15 is 0 Å². The molecule has 1 heterocycles. The Morgan fingerprint density at radius 3 is 2.59 bits per heavy atom. The summed E-state index contributed by atoms with van der Waals surface area (Å²) in [6, 6.07) is 7.96. The molecule has 1 fully saturated rings. The van der Waals surface area contributed by atoms with Crippen molar-refractivity contribution in [1.82, 2.24) is 9.97 Å². The van der Waals surface area contributed by atoms with E-state index in [4.69, 9.17) is 5.73 Å². The van der Waals surface area contributed by atoms with Crippen LogP contribution in [0.25, 0.3) is 11.1 Å². The lowest BCUT2D eigenvalue weighted by molar-refractivity contribution is 0.934. The summed E-state index contributed by atoms with van der Waals surface area (Å²) in [5, 5.41) is 0. The van der Waals surface area contributed by atoms with E-state index in [1.54, 1.807) is 0 Å². The first-order valence-corrected chi connectivity index (χ1v) is 6.42. The molecule has 2 N–H and O–H groups in total. The highest BCUT2D eigenvalue weighted by Crippen LogP contribution is 2.39. The highest BCUT2D eigenvalue weighted by molar-refractivity contribution is 9.10. The molecule has 0 aliphatic heterocycles. The summed E-state index contributed by atoms with van der Waals surface area (Å²) < 4.78 is 1.01. The van der Waals surface area contributed by atoms with Gasteiger partial charge in [0.25, 0.3) is 0 Å². The van der Waals surface area contributed by atoms with Gasteiger partial charge in [-0.2, -0.15) is 0 Å². The minimum absolute atomic E-state index is 0.533. The lowest BCUT2D eigenvalue weighted by atomic mass is 10.1. The van der Waals surface area contributed by atoms with E-state index in [-0.39, 0.29) is 0 Å². The van der Waals surface area contributed by atoms with Crippen LogP contribution in [0.2, 0.25) is 0 Å². The van der Waals surface area contributed by atoms with Gasteiger partial charge in [0.2, 0.25) is 0 Å². The van der Waals surface area contributed by atoms with Crippen LogP contribution in [0.5, 0.6) is 0 Å². The smallest absolute Gasteiger partial charge is 0.135 e. The highest BCUT2D eigenvalue weighted by Gasteiger charge is 2.27. The molecule has 4 heteroatoms. The van der Waals surface area contributed by atoms with Crippen molar-refractivity contribution in [3.63, 3.8) is 0 Å². The maximum atomic E-state index is 6.02. The first-order chi connectivity index (χ1) is 8.25. The fourth-order valence-electron chi connectivity index (χ4n) is 1.83. The molecule has 0 atom stereocenters.